The molecule has 2 unspecified atom stereocenters. The summed E-state index contributed by atoms with van der Waals surface area (Å²) in [5, 5.41) is 3.06. The third kappa shape index (κ3) is 5.05. The van der Waals surface area contributed by atoms with E-state index in [1.54, 1.807) is 7.11 Å². The van der Waals surface area contributed by atoms with Crippen molar-refractivity contribution in [3.63, 3.8) is 0 Å². The van der Waals surface area contributed by atoms with Crippen molar-refractivity contribution in [2.75, 3.05) is 33.3 Å². The zero-order valence-corrected chi connectivity index (χ0v) is 17.8. The Balaban J connectivity index is 1.48. The Hall–Kier alpha value is -1.62. The lowest BCUT2D eigenvalue weighted by molar-refractivity contribution is -0.124. The molecule has 156 valence electrons. The number of carbonyl (C=O) groups excluding carboxylic acids is 1. The molecule has 1 aromatic carbocycles. The summed E-state index contributed by atoms with van der Waals surface area (Å²) in [5.74, 6) is 0.750. The molecule has 1 aliphatic carbocycles. The summed E-state index contributed by atoms with van der Waals surface area (Å²) < 4.78 is 19.9. The number of alkyl halides is 1. The van der Waals surface area contributed by atoms with Gasteiger partial charge in [-0.3, -0.25) is 4.79 Å². The fourth-order valence-electron chi connectivity index (χ4n) is 4.02. The Morgan fingerprint density at radius 1 is 1.29 bits per heavy atom. The predicted molar refractivity (Wildman–Crippen MR) is 110 cm³/mol. The maximum Gasteiger partial charge on any atom is 0.230 e. The first-order valence-electron chi connectivity index (χ1n) is 10.5. The maximum absolute atomic E-state index is 14.7. The molecule has 5 heteroatoms. The molecule has 1 aromatic rings. The van der Waals surface area contributed by atoms with E-state index >= 15 is 0 Å². The number of amides is 1. The summed E-state index contributed by atoms with van der Waals surface area (Å²) in [7, 11) is 1.64. The summed E-state index contributed by atoms with van der Waals surface area (Å²) in [5.41, 5.74) is 0.877. The summed E-state index contributed by atoms with van der Waals surface area (Å²) in [6.45, 7) is 9.45. The molecule has 1 amide bonds. The Kier molecular flexibility index (Phi) is 6.33. The second kappa shape index (κ2) is 8.40. The Labute approximate surface area is 168 Å². The first-order valence-corrected chi connectivity index (χ1v) is 10.5. The topological polar surface area (TPSA) is 41.6 Å². The molecule has 2 fully saturated rings. The minimum Gasteiger partial charge on any atom is -0.497 e. The molecule has 28 heavy (non-hydrogen) atoms. The van der Waals surface area contributed by atoms with Crippen molar-refractivity contribution in [3.05, 3.63) is 29.8 Å². The van der Waals surface area contributed by atoms with Crippen molar-refractivity contribution in [2.24, 2.45) is 11.3 Å². The van der Waals surface area contributed by atoms with Crippen LogP contribution < -0.4 is 10.1 Å². The van der Waals surface area contributed by atoms with Gasteiger partial charge in [-0.05, 0) is 61.9 Å². The number of hydrogen-bond donors (Lipinski definition) is 1. The summed E-state index contributed by atoms with van der Waals surface area (Å²) >= 11 is 0. The number of nitrogens with zero attached hydrogens (tertiary/aromatic N) is 1. The minimum atomic E-state index is -0.870. The van der Waals surface area contributed by atoms with Crippen LogP contribution in [0.25, 0.3) is 0 Å². The van der Waals surface area contributed by atoms with E-state index in [1.807, 2.05) is 24.3 Å². The molecule has 2 aliphatic rings. The monoisotopic (exact) mass is 390 g/mol. The second-order valence-electron chi connectivity index (χ2n) is 9.70. The molecule has 1 saturated carbocycles. The van der Waals surface area contributed by atoms with Crippen molar-refractivity contribution in [2.45, 2.75) is 58.0 Å². The van der Waals surface area contributed by atoms with Gasteiger partial charge in [0.1, 0.15) is 11.9 Å². The molecule has 1 saturated heterocycles. The lowest BCUT2D eigenvalue weighted by Gasteiger charge is -2.36. The number of likely N-dealkylation sites (tertiary alicyclic amines) is 1. The molecule has 0 spiro atoms. The minimum absolute atomic E-state index is 0.0417. The van der Waals surface area contributed by atoms with E-state index < -0.39 is 11.6 Å². The predicted octanol–water partition coefficient (Wildman–Crippen LogP) is 3.94. The van der Waals surface area contributed by atoms with Gasteiger partial charge in [0.25, 0.3) is 0 Å². The summed E-state index contributed by atoms with van der Waals surface area (Å²) in [6, 6.07) is 7.73. The molecular weight excluding hydrogens is 355 g/mol. The number of benzene rings is 1. The van der Waals surface area contributed by atoms with Crippen LogP contribution in [0.15, 0.2) is 24.3 Å². The third-order valence-electron chi connectivity index (χ3n) is 6.29. The van der Waals surface area contributed by atoms with Gasteiger partial charge in [-0.1, -0.05) is 32.9 Å². The number of ether oxygens (including phenoxy) is 1. The SMILES string of the molecule is COc1ccc(C2(C(=O)NCC3CCN(CCC(C)(C)C)CC3F)CC2)cc1. The van der Waals surface area contributed by atoms with Crippen LogP contribution in [0.2, 0.25) is 0 Å². The highest BCUT2D eigenvalue weighted by molar-refractivity contribution is 5.91. The van der Waals surface area contributed by atoms with Crippen LogP contribution in [0.4, 0.5) is 4.39 Å². The van der Waals surface area contributed by atoms with Crippen LogP contribution in [-0.4, -0.2) is 50.3 Å². The number of methoxy groups -OCH3 is 1. The zero-order valence-electron chi connectivity index (χ0n) is 17.8. The van der Waals surface area contributed by atoms with Crippen LogP contribution in [0.1, 0.15) is 52.0 Å². The fourth-order valence-corrected chi connectivity index (χ4v) is 4.02. The smallest absolute Gasteiger partial charge is 0.230 e. The summed E-state index contributed by atoms with van der Waals surface area (Å²) in [4.78, 5) is 15.1. The molecular formula is C23H35FN2O2. The molecule has 1 aliphatic heterocycles. The van der Waals surface area contributed by atoms with E-state index in [0.29, 0.717) is 13.1 Å². The molecule has 1 heterocycles. The normalized spacial score (nSPS) is 24.6. The fraction of sp³-hybridized carbons (Fsp3) is 0.696. The van der Waals surface area contributed by atoms with Crippen molar-refractivity contribution in [1.29, 1.82) is 0 Å². The van der Waals surface area contributed by atoms with Gasteiger partial charge in [-0.15, -0.1) is 0 Å². The number of carbonyl (C=O) groups is 1. The maximum atomic E-state index is 14.7. The average Bonchev–Trinajstić information content (AvgIpc) is 3.47. The highest BCUT2D eigenvalue weighted by Gasteiger charge is 2.51. The Bertz CT molecular complexity index is 664. The first kappa shape index (κ1) is 21.1. The van der Waals surface area contributed by atoms with Crippen LogP contribution in [-0.2, 0) is 10.2 Å². The Morgan fingerprint density at radius 3 is 2.50 bits per heavy atom. The Morgan fingerprint density at radius 2 is 1.96 bits per heavy atom. The highest BCUT2D eigenvalue weighted by atomic mass is 19.1. The number of nitrogens with one attached hydrogen (secondary N) is 1. The van der Waals surface area contributed by atoms with Crippen LogP contribution in [0.3, 0.4) is 0 Å². The molecule has 0 bridgehead atoms. The molecule has 1 N–H and O–H groups in total. The van der Waals surface area contributed by atoms with Crippen LogP contribution in [0.5, 0.6) is 5.75 Å². The van der Waals surface area contributed by atoms with Gasteiger partial charge in [0, 0.05) is 19.0 Å². The van der Waals surface area contributed by atoms with Gasteiger partial charge in [0.15, 0.2) is 0 Å². The molecule has 0 aromatic heterocycles. The summed E-state index contributed by atoms with van der Waals surface area (Å²) in [6.07, 6.45) is 2.72. The van der Waals surface area contributed by atoms with Crippen molar-refractivity contribution < 1.29 is 13.9 Å². The average molecular weight is 391 g/mol. The van der Waals surface area contributed by atoms with Gasteiger partial charge in [0.2, 0.25) is 5.91 Å². The van der Waals surface area contributed by atoms with Crippen LogP contribution in [0, 0.1) is 11.3 Å². The number of halogens is 1. The largest absolute Gasteiger partial charge is 0.497 e. The van der Waals surface area contributed by atoms with Crippen LogP contribution >= 0.6 is 0 Å². The van der Waals surface area contributed by atoms with Gasteiger partial charge < -0.3 is 15.0 Å². The van der Waals surface area contributed by atoms with E-state index in [9.17, 15) is 9.18 Å². The van der Waals surface area contributed by atoms with Crippen molar-refractivity contribution in [3.8, 4) is 5.75 Å². The lowest BCUT2D eigenvalue weighted by Crippen LogP contribution is -2.47. The van der Waals surface area contributed by atoms with Crippen molar-refractivity contribution in [1.82, 2.24) is 10.2 Å². The zero-order chi connectivity index (χ0) is 20.4. The molecule has 2 atom stereocenters. The number of piperidine rings is 1. The van der Waals surface area contributed by atoms with Gasteiger partial charge in [0.05, 0.1) is 12.5 Å². The molecule has 4 nitrogen and oxygen atoms in total. The van der Waals surface area contributed by atoms with E-state index in [4.69, 9.17) is 4.74 Å². The highest BCUT2D eigenvalue weighted by Crippen LogP contribution is 2.48. The van der Waals surface area contributed by atoms with Crippen molar-refractivity contribution >= 4 is 5.91 Å². The van der Waals surface area contributed by atoms with Gasteiger partial charge >= 0.3 is 0 Å². The van der Waals surface area contributed by atoms with Gasteiger partial charge in [-0.2, -0.15) is 0 Å². The molecule has 3 rings (SSSR count). The quantitative estimate of drug-likeness (QED) is 0.767. The third-order valence-corrected chi connectivity index (χ3v) is 6.29. The van der Waals surface area contributed by atoms with Gasteiger partial charge in [-0.25, -0.2) is 4.39 Å². The number of rotatable bonds is 7. The van der Waals surface area contributed by atoms with E-state index in [1.165, 1.54) is 0 Å². The second-order valence-corrected chi connectivity index (χ2v) is 9.70. The molecule has 0 radical (unpaired) electrons. The first-order chi connectivity index (χ1) is 13.2. The van der Waals surface area contributed by atoms with E-state index in [-0.39, 0.29) is 17.2 Å². The van der Waals surface area contributed by atoms with E-state index in [2.05, 4.69) is 31.0 Å². The standard InChI is InChI=1S/C23H35FN2O2/c1-22(2,3)12-14-26-13-9-17(20(24)16-26)15-25-21(27)23(10-11-23)18-5-7-19(28-4)8-6-18/h5-8,17,20H,9-16H2,1-4H3,(H,25,27). The van der Waals surface area contributed by atoms with E-state index in [0.717, 1.165) is 50.1 Å². The lowest BCUT2D eigenvalue weighted by atomic mass is 9.90. The number of hydrogen-bond acceptors (Lipinski definition) is 3.